The zero-order valence-electron chi connectivity index (χ0n) is 13.4. The lowest BCUT2D eigenvalue weighted by atomic mass is 9.78. The van der Waals surface area contributed by atoms with Crippen molar-refractivity contribution in [2.24, 2.45) is 11.8 Å². The van der Waals surface area contributed by atoms with Crippen LogP contribution in [0.2, 0.25) is 0 Å². The first kappa shape index (κ1) is 18.1. The van der Waals surface area contributed by atoms with Gasteiger partial charge in [0, 0.05) is 0 Å². The summed E-state index contributed by atoms with van der Waals surface area (Å²) in [7, 11) is 0. The SMILES string of the molecule is CC[C@H]1CC[C@H](CCc2ccc(OC(F)C(F)(F)F)cc2)CC1. The molecule has 1 saturated carbocycles. The molecule has 0 heterocycles. The molecule has 0 bridgehead atoms. The Balaban J connectivity index is 1.77. The number of rotatable bonds is 6. The summed E-state index contributed by atoms with van der Waals surface area (Å²) in [6.07, 6.45) is 0.167. The van der Waals surface area contributed by atoms with E-state index in [1.165, 1.54) is 44.2 Å². The highest BCUT2D eigenvalue weighted by atomic mass is 19.4. The molecule has 2 rings (SSSR count). The van der Waals surface area contributed by atoms with Crippen molar-refractivity contribution in [1.82, 2.24) is 0 Å². The van der Waals surface area contributed by atoms with Gasteiger partial charge >= 0.3 is 12.5 Å². The van der Waals surface area contributed by atoms with Crippen molar-refractivity contribution in [1.29, 1.82) is 0 Å². The van der Waals surface area contributed by atoms with Crippen molar-refractivity contribution in [3.63, 3.8) is 0 Å². The second-order valence-electron chi connectivity index (χ2n) is 6.45. The highest BCUT2D eigenvalue weighted by Crippen LogP contribution is 2.33. The van der Waals surface area contributed by atoms with Crippen molar-refractivity contribution >= 4 is 0 Å². The van der Waals surface area contributed by atoms with Crippen LogP contribution in [-0.4, -0.2) is 12.5 Å². The average Bonchev–Trinajstić information content (AvgIpc) is 2.54. The second kappa shape index (κ2) is 8.02. The molecule has 1 atom stereocenters. The largest absolute Gasteiger partial charge is 0.457 e. The van der Waals surface area contributed by atoms with Gasteiger partial charge in [-0.15, -0.1) is 0 Å². The molecule has 1 fully saturated rings. The van der Waals surface area contributed by atoms with Crippen molar-refractivity contribution < 1.29 is 22.3 Å². The van der Waals surface area contributed by atoms with E-state index < -0.39 is 12.5 Å². The predicted octanol–water partition coefficient (Wildman–Crippen LogP) is 6.07. The van der Waals surface area contributed by atoms with E-state index in [2.05, 4.69) is 11.7 Å². The Morgan fingerprint density at radius 1 is 1.04 bits per heavy atom. The van der Waals surface area contributed by atoms with Crippen molar-refractivity contribution in [3.05, 3.63) is 29.8 Å². The van der Waals surface area contributed by atoms with Gasteiger partial charge in [-0.05, 0) is 42.4 Å². The Hall–Kier alpha value is -1.26. The van der Waals surface area contributed by atoms with Crippen LogP contribution in [-0.2, 0) is 6.42 Å². The van der Waals surface area contributed by atoms with Crippen molar-refractivity contribution in [2.75, 3.05) is 0 Å². The molecule has 1 aromatic carbocycles. The molecule has 23 heavy (non-hydrogen) atoms. The van der Waals surface area contributed by atoms with Gasteiger partial charge in [-0.25, -0.2) is 0 Å². The summed E-state index contributed by atoms with van der Waals surface area (Å²) in [6.45, 7) is 2.25. The van der Waals surface area contributed by atoms with E-state index in [1.54, 1.807) is 12.1 Å². The highest BCUT2D eigenvalue weighted by molar-refractivity contribution is 5.27. The Labute approximate surface area is 135 Å². The third-order valence-corrected chi connectivity index (χ3v) is 4.81. The molecule has 1 aromatic rings. The molecule has 0 saturated heterocycles. The third-order valence-electron chi connectivity index (χ3n) is 4.81. The molecule has 0 aliphatic heterocycles. The van der Waals surface area contributed by atoms with E-state index >= 15 is 0 Å². The van der Waals surface area contributed by atoms with Crippen LogP contribution in [0.25, 0.3) is 0 Å². The van der Waals surface area contributed by atoms with E-state index in [1.807, 2.05) is 0 Å². The number of ether oxygens (including phenoxy) is 1. The van der Waals surface area contributed by atoms with Gasteiger partial charge in [-0.1, -0.05) is 51.2 Å². The van der Waals surface area contributed by atoms with Crippen molar-refractivity contribution in [3.8, 4) is 5.75 Å². The smallest absolute Gasteiger partial charge is 0.452 e. The first-order valence-corrected chi connectivity index (χ1v) is 8.35. The molecule has 1 unspecified atom stereocenters. The molecule has 130 valence electrons. The lowest BCUT2D eigenvalue weighted by Gasteiger charge is -2.27. The minimum absolute atomic E-state index is 0.0953. The molecule has 0 spiro atoms. The van der Waals surface area contributed by atoms with Gasteiger partial charge < -0.3 is 4.74 Å². The van der Waals surface area contributed by atoms with E-state index in [9.17, 15) is 17.6 Å². The summed E-state index contributed by atoms with van der Waals surface area (Å²) in [5, 5.41) is 0. The highest BCUT2D eigenvalue weighted by Gasteiger charge is 2.42. The number of alkyl halides is 4. The zero-order valence-corrected chi connectivity index (χ0v) is 13.4. The fourth-order valence-electron chi connectivity index (χ4n) is 3.22. The van der Waals surface area contributed by atoms with Crippen LogP contribution in [0.1, 0.15) is 51.0 Å². The van der Waals surface area contributed by atoms with Crippen LogP contribution in [0.15, 0.2) is 24.3 Å². The molecular formula is C18H24F4O. The first-order valence-electron chi connectivity index (χ1n) is 8.35. The Morgan fingerprint density at radius 2 is 1.61 bits per heavy atom. The summed E-state index contributed by atoms with van der Waals surface area (Å²) >= 11 is 0. The lowest BCUT2D eigenvalue weighted by molar-refractivity contribution is -0.236. The number of benzene rings is 1. The van der Waals surface area contributed by atoms with Crippen molar-refractivity contribution in [2.45, 2.75) is 64.4 Å². The molecule has 1 aliphatic carbocycles. The minimum atomic E-state index is -4.99. The van der Waals surface area contributed by atoms with Crippen LogP contribution in [0.4, 0.5) is 17.6 Å². The molecule has 1 nitrogen and oxygen atoms in total. The number of halogens is 4. The van der Waals surface area contributed by atoms with Crippen LogP contribution in [0.5, 0.6) is 5.75 Å². The minimum Gasteiger partial charge on any atom is -0.452 e. The van der Waals surface area contributed by atoms with Gasteiger partial charge in [0.1, 0.15) is 5.75 Å². The number of hydrogen-bond donors (Lipinski definition) is 0. The summed E-state index contributed by atoms with van der Waals surface area (Å²) in [5.74, 6) is 1.53. The maximum Gasteiger partial charge on any atom is 0.457 e. The molecule has 1 aliphatic rings. The van der Waals surface area contributed by atoms with Crippen LogP contribution >= 0.6 is 0 Å². The number of aryl methyl sites for hydroxylation is 1. The quantitative estimate of drug-likeness (QED) is 0.574. The first-order chi connectivity index (χ1) is 10.9. The summed E-state index contributed by atoms with van der Waals surface area (Å²) in [5.41, 5.74) is 1.05. The molecule has 0 aromatic heterocycles. The maximum atomic E-state index is 12.8. The lowest BCUT2D eigenvalue weighted by Crippen LogP contribution is -2.29. The molecule has 0 amide bonds. The Kier molecular flexibility index (Phi) is 6.31. The summed E-state index contributed by atoms with van der Waals surface area (Å²) < 4.78 is 53.3. The van der Waals surface area contributed by atoms with E-state index in [-0.39, 0.29) is 5.75 Å². The zero-order chi connectivity index (χ0) is 16.9. The Bertz CT molecular complexity index is 461. The van der Waals surface area contributed by atoms with Gasteiger partial charge in [0.05, 0.1) is 0 Å². The fourth-order valence-corrected chi connectivity index (χ4v) is 3.22. The maximum absolute atomic E-state index is 12.8. The van der Waals surface area contributed by atoms with Gasteiger partial charge in [0.15, 0.2) is 0 Å². The predicted molar refractivity (Wildman–Crippen MR) is 82.1 cm³/mol. The van der Waals surface area contributed by atoms with Crippen LogP contribution in [0.3, 0.4) is 0 Å². The summed E-state index contributed by atoms with van der Waals surface area (Å²) in [4.78, 5) is 0. The van der Waals surface area contributed by atoms with Crippen LogP contribution < -0.4 is 4.74 Å². The van der Waals surface area contributed by atoms with Gasteiger partial charge in [-0.3, -0.25) is 0 Å². The third kappa shape index (κ3) is 5.70. The fraction of sp³-hybridized carbons (Fsp3) is 0.667. The second-order valence-corrected chi connectivity index (χ2v) is 6.45. The topological polar surface area (TPSA) is 9.23 Å². The van der Waals surface area contributed by atoms with Gasteiger partial charge in [-0.2, -0.15) is 17.6 Å². The van der Waals surface area contributed by atoms with Gasteiger partial charge in [0.25, 0.3) is 0 Å². The molecule has 5 heteroatoms. The normalized spacial score (nSPS) is 23.5. The van der Waals surface area contributed by atoms with Crippen LogP contribution in [0, 0.1) is 11.8 Å². The van der Waals surface area contributed by atoms with E-state index in [0.717, 1.165) is 30.2 Å². The molecule has 0 N–H and O–H groups in total. The van der Waals surface area contributed by atoms with Gasteiger partial charge in [0.2, 0.25) is 0 Å². The van der Waals surface area contributed by atoms with E-state index in [4.69, 9.17) is 0 Å². The molecule has 0 radical (unpaired) electrons. The molecular weight excluding hydrogens is 308 g/mol. The van der Waals surface area contributed by atoms with E-state index in [0.29, 0.717) is 0 Å². The number of hydrogen-bond acceptors (Lipinski definition) is 1. The Morgan fingerprint density at radius 3 is 2.13 bits per heavy atom. The summed E-state index contributed by atoms with van der Waals surface area (Å²) in [6, 6.07) is 6.25. The average molecular weight is 332 g/mol. The monoisotopic (exact) mass is 332 g/mol. The standard InChI is InChI=1S/C18H24F4O/c1-2-13-3-5-14(6-4-13)7-8-15-9-11-16(12-10-15)23-17(19)18(20,21)22/h9-14,17H,2-8H2,1H3/t13-,14-,17?.